The molecule has 2 heterocycles. The number of aliphatic imine (C=N–C) groups is 1. The van der Waals surface area contributed by atoms with Crippen LogP contribution in [0.2, 0.25) is 0 Å². The number of nitrogens with zero attached hydrogens (tertiary/aromatic N) is 3. The zero-order valence-corrected chi connectivity index (χ0v) is 23.7. The largest absolute Gasteiger partial charge is 0.494 e. The lowest BCUT2D eigenvalue weighted by molar-refractivity contribution is -0.134. The quantitative estimate of drug-likeness (QED) is 0.257. The zero-order valence-electron chi connectivity index (χ0n) is 22.9. The predicted molar refractivity (Wildman–Crippen MR) is 157 cm³/mol. The average molecular weight is 572 g/mol. The lowest BCUT2D eigenvalue weighted by Gasteiger charge is -2.38. The van der Waals surface area contributed by atoms with E-state index in [1.54, 1.807) is 12.1 Å². The molecule has 2 N–H and O–H groups in total. The summed E-state index contributed by atoms with van der Waals surface area (Å²) in [4.78, 5) is 29.1. The number of ether oxygens (including phenoxy) is 1. The van der Waals surface area contributed by atoms with Gasteiger partial charge < -0.3 is 24.7 Å². The van der Waals surface area contributed by atoms with Crippen LogP contribution < -0.4 is 4.74 Å². The Kier molecular flexibility index (Phi) is 13.0. The van der Waals surface area contributed by atoms with Gasteiger partial charge in [-0.1, -0.05) is 42.8 Å². The lowest BCUT2D eigenvalue weighted by atomic mass is 10.0. The molecule has 0 unspecified atom stereocenters. The Morgan fingerprint density at radius 2 is 1.68 bits per heavy atom. The molecule has 216 valence electrons. The first kappa shape index (κ1) is 31.2. The Balaban J connectivity index is 0.000000482. The van der Waals surface area contributed by atoms with Gasteiger partial charge in [-0.3, -0.25) is 0 Å². The van der Waals surface area contributed by atoms with E-state index in [2.05, 4.69) is 41.1 Å². The van der Waals surface area contributed by atoms with Crippen molar-refractivity contribution in [3.05, 3.63) is 72.1 Å². The molecule has 4 rings (SSSR count). The molecule has 0 bridgehead atoms. The highest BCUT2D eigenvalue weighted by Crippen LogP contribution is 2.33. The summed E-state index contributed by atoms with van der Waals surface area (Å²) in [6.45, 7) is 4.25. The average Bonchev–Trinajstić information content (AvgIpc) is 2.96. The monoisotopic (exact) mass is 571 g/mol. The van der Waals surface area contributed by atoms with Crippen molar-refractivity contribution in [3.8, 4) is 5.75 Å². The number of unbranched alkanes of at least 4 members (excludes halogenated alkanes) is 3. The van der Waals surface area contributed by atoms with Crippen LogP contribution in [0.3, 0.4) is 0 Å². The van der Waals surface area contributed by atoms with Crippen molar-refractivity contribution in [3.63, 3.8) is 0 Å². The molecule has 0 atom stereocenters. The van der Waals surface area contributed by atoms with Crippen LogP contribution in [-0.2, 0) is 15.3 Å². The first-order valence-electron chi connectivity index (χ1n) is 13.6. The third-order valence-electron chi connectivity index (χ3n) is 6.79. The number of carboxylic acid groups (broad SMARTS) is 2. The standard InChI is InChI=1S/C26H34FN3OS.C4H4O4/c1-29(26-28-25-9-5-4-8-21(25)20-32-26)23-14-17-30(18-15-23)16-6-2-3-7-19-31-24-12-10-22(27)11-13-24;5-3(6)1-2-4(7)8/h4-5,8-13,23H,2-3,6-7,14-20H2,1H3;1-2H,(H,5,6)(H,7,8)/b;2-1+. The third-order valence-corrected chi connectivity index (χ3v) is 7.88. The molecule has 1 saturated heterocycles. The topological polar surface area (TPSA) is 103 Å². The Labute approximate surface area is 239 Å². The SMILES string of the molecule is CN(C1=Nc2ccccc2CS1)C1CCN(CCCCCCOc2ccc(F)cc2)CC1.O=C(O)/C=C/C(=O)O. The highest BCUT2D eigenvalue weighted by atomic mass is 32.2. The minimum atomic E-state index is -1.26. The third kappa shape index (κ3) is 11.0. The number of piperidine rings is 1. The van der Waals surface area contributed by atoms with E-state index in [4.69, 9.17) is 19.9 Å². The Morgan fingerprint density at radius 3 is 2.35 bits per heavy atom. The van der Waals surface area contributed by atoms with Crippen LogP contribution in [0.5, 0.6) is 5.75 Å². The molecule has 0 saturated carbocycles. The summed E-state index contributed by atoms with van der Waals surface area (Å²) >= 11 is 1.87. The number of aliphatic carboxylic acids is 2. The highest BCUT2D eigenvalue weighted by molar-refractivity contribution is 8.13. The van der Waals surface area contributed by atoms with Gasteiger partial charge in [-0.05, 0) is 68.1 Å². The second-order valence-electron chi connectivity index (χ2n) is 9.72. The van der Waals surface area contributed by atoms with Gasteiger partial charge in [-0.25, -0.2) is 19.0 Å². The molecule has 0 amide bonds. The van der Waals surface area contributed by atoms with Gasteiger partial charge in [0.05, 0.1) is 12.3 Å². The van der Waals surface area contributed by atoms with E-state index in [-0.39, 0.29) is 5.82 Å². The second kappa shape index (κ2) is 16.7. The number of hydrogen-bond acceptors (Lipinski definition) is 7. The fourth-order valence-corrected chi connectivity index (χ4v) is 5.59. The number of fused-ring (bicyclic) bond motifs is 1. The number of thioether (sulfide) groups is 1. The first-order valence-corrected chi connectivity index (χ1v) is 14.6. The Morgan fingerprint density at radius 1 is 1.02 bits per heavy atom. The van der Waals surface area contributed by atoms with Gasteiger partial charge in [-0.15, -0.1) is 0 Å². The minimum absolute atomic E-state index is 0.222. The first-order chi connectivity index (χ1) is 19.3. The summed E-state index contributed by atoms with van der Waals surface area (Å²) in [7, 11) is 2.22. The molecular formula is C30H38FN3O5S. The Bertz CT molecular complexity index is 1130. The number of carbonyl (C=O) groups is 2. The van der Waals surface area contributed by atoms with Crippen LogP contribution in [0.25, 0.3) is 0 Å². The van der Waals surface area contributed by atoms with E-state index in [1.807, 2.05) is 11.8 Å². The molecule has 2 aliphatic rings. The molecular weight excluding hydrogens is 533 g/mol. The van der Waals surface area contributed by atoms with Gasteiger partial charge in [-0.2, -0.15) is 0 Å². The maximum Gasteiger partial charge on any atom is 0.328 e. The van der Waals surface area contributed by atoms with Crippen molar-refractivity contribution in [2.24, 2.45) is 4.99 Å². The van der Waals surface area contributed by atoms with E-state index >= 15 is 0 Å². The van der Waals surface area contributed by atoms with Crippen molar-refractivity contribution >= 4 is 34.6 Å². The predicted octanol–water partition coefficient (Wildman–Crippen LogP) is 5.81. The maximum absolute atomic E-state index is 12.9. The fraction of sp³-hybridized carbons (Fsp3) is 0.433. The molecule has 2 aromatic rings. The molecule has 2 aromatic carbocycles. The van der Waals surface area contributed by atoms with Crippen molar-refractivity contribution in [1.82, 2.24) is 9.80 Å². The zero-order chi connectivity index (χ0) is 28.7. The van der Waals surface area contributed by atoms with Gasteiger partial charge in [0.2, 0.25) is 0 Å². The number of likely N-dealkylation sites (tertiary alicyclic amines) is 1. The van der Waals surface area contributed by atoms with Crippen molar-refractivity contribution in [2.45, 2.75) is 50.3 Å². The van der Waals surface area contributed by atoms with Crippen LogP contribution >= 0.6 is 11.8 Å². The van der Waals surface area contributed by atoms with Gasteiger partial charge in [0.15, 0.2) is 5.17 Å². The molecule has 2 aliphatic heterocycles. The molecule has 1 fully saturated rings. The Hall–Kier alpha value is -3.37. The number of hydrogen-bond donors (Lipinski definition) is 2. The highest BCUT2D eigenvalue weighted by Gasteiger charge is 2.26. The molecule has 0 spiro atoms. The molecule has 10 heteroatoms. The maximum atomic E-state index is 12.9. The summed E-state index contributed by atoms with van der Waals surface area (Å²) in [6.07, 6.45) is 8.25. The summed E-state index contributed by atoms with van der Waals surface area (Å²) in [6, 6.07) is 15.3. The van der Waals surface area contributed by atoms with E-state index in [9.17, 15) is 14.0 Å². The second-order valence-corrected chi connectivity index (χ2v) is 10.7. The van der Waals surface area contributed by atoms with Crippen LogP contribution in [-0.4, -0.2) is 76.4 Å². The minimum Gasteiger partial charge on any atom is -0.494 e. The van der Waals surface area contributed by atoms with Crippen LogP contribution in [0, 0.1) is 5.82 Å². The fourth-order valence-electron chi connectivity index (χ4n) is 4.54. The summed E-state index contributed by atoms with van der Waals surface area (Å²) in [5.74, 6) is -0.964. The van der Waals surface area contributed by atoms with Gasteiger partial charge in [0, 0.05) is 44.1 Å². The van der Waals surface area contributed by atoms with Crippen LogP contribution in [0.1, 0.15) is 44.1 Å². The van der Waals surface area contributed by atoms with E-state index in [1.165, 1.54) is 74.6 Å². The van der Waals surface area contributed by atoms with E-state index in [0.717, 1.165) is 23.6 Å². The van der Waals surface area contributed by atoms with Gasteiger partial charge in [0.25, 0.3) is 0 Å². The molecule has 0 radical (unpaired) electrons. The smallest absolute Gasteiger partial charge is 0.328 e. The molecule has 0 aliphatic carbocycles. The normalized spacial score (nSPS) is 15.5. The number of carboxylic acids is 2. The van der Waals surface area contributed by atoms with Crippen molar-refractivity contribution in [1.29, 1.82) is 0 Å². The summed E-state index contributed by atoms with van der Waals surface area (Å²) in [5.41, 5.74) is 2.47. The van der Waals surface area contributed by atoms with Crippen LogP contribution in [0.15, 0.2) is 65.7 Å². The number of rotatable bonds is 11. The number of halogens is 1. The van der Waals surface area contributed by atoms with E-state index in [0.29, 0.717) is 24.8 Å². The lowest BCUT2D eigenvalue weighted by Crippen LogP contribution is -2.45. The molecule has 0 aromatic heterocycles. The molecule has 8 nitrogen and oxygen atoms in total. The van der Waals surface area contributed by atoms with E-state index < -0.39 is 11.9 Å². The van der Waals surface area contributed by atoms with Gasteiger partial charge in [0.1, 0.15) is 11.6 Å². The van der Waals surface area contributed by atoms with Gasteiger partial charge >= 0.3 is 11.9 Å². The van der Waals surface area contributed by atoms with Crippen molar-refractivity contribution < 1.29 is 28.9 Å². The summed E-state index contributed by atoms with van der Waals surface area (Å²) < 4.78 is 18.6. The number of benzene rings is 2. The van der Waals surface area contributed by atoms with Crippen molar-refractivity contribution in [2.75, 3.05) is 33.3 Å². The molecule has 40 heavy (non-hydrogen) atoms. The number of para-hydroxylation sites is 1. The number of amidine groups is 1. The summed E-state index contributed by atoms with van der Waals surface area (Å²) in [5, 5.41) is 16.8. The van der Waals surface area contributed by atoms with Crippen LogP contribution in [0.4, 0.5) is 10.1 Å².